The molecular weight excluding hydrogens is 317 g/mol. The summed E-state index contributed by atoms with van der Waals surface area (Å²) in [6.07, 6.45) is 0.834. The first-order valence-corrected chi connectivity index (χ1v) is 7.18. The second-order valence-corrected chi connectivity index (χ2v) is 5.43. The van der Waals surface area contributed by atoms with E-state index in [0.29, 0.717) is 33.6 Å². The summed E-state index contributed by atoms with van der Waals surface area (Å²) in [6, 6.07) is 12.5. The number of halogens is 3. The summed E-state index contributed by atoms with van der Waals surface area (Å²) >= 11 is 18.0. The minimum absolute atomic E-state index is 0.117. The van der Waals surface area contributed by atoms with E-state index >= 15 is 0 Å². The Kier molecular flexibility index (Phi) is 5.30. The van der Waals surface area contributed by atoms with Crippen molar-refractivity contribution >= 4 is 46.4 Å². The molecule has 2 nitrogen and oxygen atoms in total. The van der Waals surface area contributed by atoms with Crippen LogP contribution in [0.4, 0.5) is 5.69 Å². The van der Waals surface area contributed by atoms with Crippen LogP contribution in [-0.4, -0.2) is 5.91 Å². The molecule has 20 heavy (non-hydrogen) atoms. The van der Waals surface area contributed by atoms with Gasteiger partial charge in [-0.25, -0.2) is 0 Å². The molecule has 0 bridgehead atoms. The molecule has 0 aliphatic heterocycles. The molecule has 104 valence electrons. The Morgan fingerprint density at radius 2 is 1.65 bits per heavy atom. The minimum atomic E-state index is -0.117. The molecule has 1 N–H and O–H groups in total. The van der Waals surface area contributed by atoms with E-state index in [1.54, 1.807) is 18.2 Å². The normalized spacial score (nSPS) is 10.3. The Morgan fingerprint density at radius 3 is 2.40 bits per heavy atom. The van der Waals surface area contributed by atoms with Crippen molar-refractivity contribution in [3.05, 3.63) is 63.1 Å². The zero-order valence-electron chi connectivity index (χ0n) is 10.5. The van der Waals surface area contributed by atoms with E-state index in [2.05, 4.69) is 5.32 Å². The molecule has 0 heterocycles. The molecule has 2 aromatic rings. The van der Waals surface area contributed by atoms with Crippen LogP contribution >= 0.6 is 34.8 Å². The number of benzene rings is 2. The zero-order chi connectivity index (χ0) is 14.5. The van der Waals surface area contributed by atoms with Crippen LogP contribution in [0, 0.1) is 0 Å². The molecule has 0 unspecified atom stereocenters. The van der Waals surface area contributed by atoms with E-state index in [-0.39, 0.29) is 5.91 Å². The van der Waals surface area contributed by atoms with Crippen molar-refractivity contribution in [2.24, 2.45) is 0 Å². The van der Waals surface area contributed by atoms with Gasteiger partial charge < -0.3 is 5.32 Å². The van der Waals surface area contributed by atoms with Crippen molar-refractivity contribution in [3.63, 3.8) is 0 Å². The summed E-state index contributed by atoms with van der Waals surface area (Å²) < 4.78 is 0. The Bertz CT molecular complexity index is 628. The van der Waals surface area contributed by atoms with E-state index in [1.807, 2.05) is 24.3 Å². The second kappa shape index (κ2) is 6.98. The third-order valence-corrected chi connectivity index (χ3v) is 3.99. The van der Waals surface area contributed by atoms with E-state index in [9.17, 15) is 4.79 Å². The van der Waals surface area contributed by atoms with Crippen molar-refractivity contribution in [3.8, 4) is 0 Å². The fourth-order valence-corrected chi connectivity index (χ4v) is 2.36. The molecule has 0 saturated heterocycles. The van der Waals surface area contributed by atoms with Gasteiger partial charge in [-0.05, 0) is 30.2 Å². The number of carbonyl (C=O) groups is 1. The number of aryl methyl sites for hydroxylation is 1. The lowest BCUT2D eigenvalue weighted by Gasteiger charge is -2.08. The van der Waals surface area contributed by atoms with Crippen LogP contribution in [0.2, 0.25) is 15.1 Å². The molecule has 0 atom stereocenters. The van der Waals surface area contributed by atoms with Crippen LogP contribution in [-0.2, 0) is 11.2 Å². The SMILES string of the molecule is O=C(CCc1cccc(Cl)c1Cl)Nc1ccccc1Cl. The molecule has 0 aliphatic carbocycles. The first kappa shape index (κ1) is 15.2. The van der Waals surface area contributed by atoms with Gasteiger partial charge in [-0.2, -0.15) is 0 Å². The zero-order valence-corrected chi connectivity index (χ0v) is 12.8. The van der Waals surface area contributed by atoms with Crippen LogP contribution in [0.5, 0.6) is 0 Å². The highest BCUT2D eigenvalue weighted by Gasteiger charge is 2.09. The summed E-state index contributed by atoms with van der Waals surface area (Å²) in [6.45, 7) is 0. The predicted molar refractivity (Wildman–Crippen MR) is 84.9 cm³/mol. The number of hydrogen-bond donors (Lipinski definition) is 1. The highest BCUT2D eigenvalue weighted by atomic mass is 35.5. The van der Waals surface area contributed by atoms with Crippen molar-refractivity contribution in [1.82, 2.24) is 0 Å². The third-order valence-electron chi connectivity index (χ3n) is 2.80. The first-order chi connectivity index (χ1) is 9.58. The van der Waals surface area contributed by atoms with Crippen molar-refractivity contribution in [2.75, 3.05) is 5.32 Å². The summed E-state index contributed by atoms with van der Waals surface area (Å²) in [5.74, 6) is -0.117. The number of amides is 1. The standard InChI is InChI=1S/C15H12Cl3NO/c16-11-5-1-2-7-13(11)19-14(20)9-8-10-4-3-6-12(17)15(10)18/h1-7H,8-9H2,(H,19,20). The number of carbonyl (C=O) groups excluding carboxylic acids is 1. The monoisotopic (exact) mass is 327 g/mol. The molecule has 0 fully saturated rings. The van der Waals surface area contributed by atoms with Crippen LogP contribution < -0.4 is 5.32 Å². The van der Waals surface area contributed by atoms with Crippen LogP contribution in [0.3, 0.4) is 0 Å². The van der Waals surface area contributed by atoms with Gasteiger partial charge in [-0.15, -0.1) is 0 Å². The number of para-hydroxylation sites is 1. The minimum Gasteiger partial charge on any atom is -0.325 e. The molecule has 5 heteroatoms. The summed E-state index contributed by atoms with van der Waals surface area (Å²) in [7, 11) is 0. The maximum absolute atomic E-state index is 11.9. The van der Waals surface area contributed by atoms with Gasteiger partial charge in [0.1, 0.15) is 0 Å². The highest BCUT2D eigenvalue weighted by molar-refractivity contribution is 6.42. The highest BCUT2D eigenvalue weighted by Crippen LogP contribution is 2.26. The molecule has 1 amide bonds. The topological polar surface area (TPSA) is 29.1 Å². The molecule has 0 saturated carbocycles. The molecular formula is C15H12Cl3NO. The van der Waals surface area contributed by atoms with Crippen LogP contribution in [0.1, 0.15) is 12.0 Å². The molecule has 2 rings (SSSR count). The molecule has 0 aliphatic rings. The summed E-state index contributed by atoms with van der Waals surface area (Å²) in [4.78, 5) is 11.9. The van der Waals surface area contributed by atoms with Gasteiger partial charge in [0.05, 0.1) is 20.8 Å². The fraction of sp³-hybridized carbons (Fsp3) is 0.133. The lowest BCUT2D eigenvalue weighted by molar-refractivity contribution is -0.116. The van der Waals surface area contributed by atoms with Crippen molar-refractivity contribution < 1.29 is 4.79 Å². The van der Waals surface area contributed by atoms with Gasteiger partial charge >= 0.3 is 0 Å². The number of nitrogens with one attached hydrogen (secondary N) is 1. The average Bonchev–Trinajstić information content (AvgIpc) is 2.43. The lowest BCUT2D eigenvalue weighted by Crippen LogP contribution is -2.12. The van der Waals surface area contributed by atoms with Gasteiger partial charge in [-0.3, -0.25) is 4.79 Å². The fourth-order valence-electron chi connectivity index (χ4n) is 1.77. The average molecular weight is 329 g/mol. The summed E-state index contributed by atoms with van der Waals surface area (Å²) in [5, 5.41) is 4.28. The quantitative estimate of drug-likeness (QED) is 0.819. The maximum atomic E-state index is 11.9. The van der Waals surface area contributed by atoms with Crippen LogP contribution in [0.25, 0.3) is 0 Å². The van der Waals surface area contributed by atoms with Crippen LogP contribution in [0.15, 0.2) is 42.5 Å². The molecule has 2 aromatic carbocycles. The molecule has 0 aromatic heterocycles. The first-order valence-electron chi connectivity index (χ1n) is 6.05. The Labute approximate surface area is 132 Å². The molecule has 0 radical (unpaired) electrons. The third kappa shape index (κ3) is 3.89. The number of hydrogen-bond acceptors (Lipinski definition) is 1. The molecule has 0 spiro atoms. The van der Waals surface area contributed by atoms with E-state index in [0.717, 1.165) is 5.56 Å². The lowest BCUT2D eigenvalue weighted by atomic mass is 10.1. The smallest absolute Gasteiger partial charge is 0.224 e. The van der Waals surface area contributed by atoms with Crippen molar-refractivity contribution in [2.45, 2.75) is 12.8 Å². The number of rotatable bonds is 4. The van der Waals surface area contributed by atoms with Gasteiger partial charge in [0.2, 0.25) is 5.91 Å². The van der Waals surface area contributed by atoms with E-state index in [1.165, 1.54) is 0 Å². The number of anilines is 1. The van der Waals surface area contributed by atoms with Gasteiger partial charge in [0.15, 0.2) is 0 Å². The van der Waals surface area contributed by atoms with Gasteiger partial charge in [-0.1, -0.05) is 59.1 Å². The predicted octanol–water partition coefficient (Wildman–Crippen LogP) is 5.22. The van der Waals surface area contributed by atoms with E-state index in [4.69, 9.17) is 34.8 Å². The van der Waals surface area contributed by atoms with Gasteiger partial charge in [0, 0.05) is 6.42 Å². The Morgan fingerprint density at radius 1 is 0.950 bits per heavy atom. The maximum Gasteiger partial charge on any atom is 0.224 e. The Hall–Kier alpha value is -1.22. The summed E-state index contributed by atoms with van der Waals surface area (Å²) in [5.41, 5.74) is 1.46. The Balaban J connectivity index is 1.96. The second-order valence-electron chi connectivity index (χ2n) is 4.24. The largest absolute Gasteiger partial charge is 0.325 e. The van der Waals surface area contributed by atoms with E-state index < -0.39 is 0 Å². The van der Waals surface area contributed by atoms with Crippen molar-refractivity contribution in [1.29, 1.82) is 0 Å². The van der Waals surface area contributed by atoms with Gasteiger partial charge in [0.25, 0.3) is 0 Å².